The quantitative estimate of drug-likeness (QED) is 0.712. The van der Waals surface area contributed by atoms with E-state index in [1.54, 1.807) is 19.1 Å². The summed E-state index contributed by atoms with van der Waals surface area (Å²) >= 11 is 0. The van der Waals surface area contributed by atoms with Gasteiger partial charge >= 0.3 is 11.8 Å². The summed E-state index contributed by atoms with van der Waals surface area (Å²) < 4.78 is 4.82. The number of hydrogen-bond donors (Lipinski definition) is 2. The van der Waals surface area contributed by atoms with Crippen molar-refractivity contribution in [2.24, 2.45) is 0 Å². The minimum atomic E-state index is -0.804. The Bertz CT molecular complexity index is 854. The smallest absolute Gasteiger partial charge is 0.315 e. The minimum Gasteiger partial charge on any atom is -0.360 e. The molecule has 6 heteroatoms. The van der Waals surface area contributed by atoms with Gasteiger partial charge < -0.3 is 9.84 Å². The molecule has 2 N–H and O–H groups in total. The van der Waals surface area contributed by atoms with Crippen molar-refractivity contribution in [1.82, 2.24) is 5.16 Å². The summed E-state index contributed by atoms with van der Waals surface area (Å²) in [6.45, 7) is 1.69. The van der Waals surface area contributed by atoms with Gasteiger partial charge in [0.15, 0.2) is 5.82 Å². The van der Waals surface area contributed by atoms with E-state index in [1.165, 1.54) is 6.07 Å². The van der Waals surface area contributed by atoms with Crippen molar-refractivity contribution in [3.63, 3.8) is 0 Å². The molecule has 0 radical (unpaired) electrons. The first kappa shape index (κ1) is 13.8. The van der Waals surface area contributed by atoms with Gasteiger partial charge in [0.2, 0.25) is 0 Å². The topological polar surface area (TPSA) is 84.2 Å². The van der Waals surface area contributed by atoms with Gasteiger partial charge in [-0.15, -0.1) is 0 Å². The molecule has 6 nitrogen and oxygen atoms in total. The molecule has 3 aromatic rings. The highest BCUT2D eigenvalue weighted by Crippen LogP contribution is 2.18. The fraction of sp³-hybridized carbons (Fsp3) is 0.0625. The summed E-state index contributed by atoms with van der Waals surface area (Å²) in [4.78, 5) is 23.7. The second-order valence-electron chi connectivity index (χ2n) is 4.79. The van der Waals surface area contributed by atoms with Crippen molar-refractivity contribution in [2.45, 2.75) is 6.92 Å². The van der Waals surface area contributed by atoms with E-state index in [4.69, 9.17) is 4.52 Å². The lowest BCUT2D eigenvalue weighted by atomic mass is 10.1. The summed E-state index contributed by atoms with van der Waals surface area (Å²) in [6, 6.07) is 14.7. The van der Waals surface area contributed by atoms with Crippen molar-refractivity contribution in [3.8, 4) is 0 Å². The van der Waals surface area contributed by atoms with Crippen LogP contribution in [0.3, 0.4) is 0 Å². The Hall–Kier alpha value is -3.15. The number of anilines is 2. The van der Waals surface area contributed by atoms with Gasteiger partial charge in [-0.1, -0.05) is 35.5 Å². The molecule has 0 bridgehead atoms. The zero-order valence-corrected chi connectivity index (χ0v) is 11.8. The third kappa shape index (κ3) is 2.95. The van der Waals surface area contributed by atoms with Gasteiger partial charge in [-0.05, 0) is 29.8 Å². The number of amides is 2. The SMILES string of the molecule is Cc1cc(NC(=O)C(=O)Nc2ccc3ccccc3c2)no1. The van der Waals surface area contributed by atoms with Crippen molar-refractivity contribution < 1.29 is 14.1 Å². The molecular weight excluding hydrogens is 282 g/mol. The average Bonchev–Trinajstić information content (AvgIpc) is 2.92. The maximum absolute atomic E-state index is 11.9. The van der Waals surface area contributed by atoms with Gasteiger partial charge in [0.1, 0.15) is 5.76 Å². The van der Waals surface area contributed by atoms with Crippen LogP contribution in [-0.4, -0.2) is 17.0 Å². The van der Waals surface area contributed by atoms with E-state index in [2.05, 4.69) is 15.8 Å². The Morgan fingerprint density at radius 2 is 1.68 bits per heavy atom. The predicted octanol–water partition coefficient (Wildman–Crippen LogP) is 2.71. The molecule has 0 aliphatic heterocycles. The lowest BCUT2D eigenvalue weighted by Gasteiger charge is -2.06. The van der Waals surface area contributed by atoms with Crippen molar-refractivity contribution in [1.29, 1.82) is 0 Å². The third-order valence-electron chi connectivity index (χ3n) is 3.08. The molecule has 0 atom stereocenters. The lowest BCUT2D eigenvalue weighted by molar-refractivity contribution is -0.133. The Balaban J connectivity index is 1.70. The van der Waals surface area contributed by atoms with E-state index in [0.29, 0.717) is 11.4 Å². The molecule has 0 aliphatic carbocycles. The molecule has 0 aliphatic rings. The van der Waals surface area contributed by atoms with Crippen LogP contribution in [0.1, 0.15) is 5.76 Å². The molecule has 0 fully saturated rings. The molecule has 22 heavy (non-hydrogen) atoms. The maximum Gasteiger partial charge on any atom is 0.315 e. The molecular formula is C16H13N3O3. The highest BCUT2D eigenvalue weighted by molar-refractivity contribution is 6.43. The van der Waals surface area contributed by atoms with Gasteiger partial charge in [0.25, 0.3) is 0 Å². The van der Waals surface area contributed by atoms with Crippen LogP contribution in [0.15, 0.2) is 53.1 Å². The Morgan fingerprint density at radius 1 is 0.955 bits per heavy atom. The first-order chi connectivity index (χ1) is 10.6. The summed E-state index contributed by atoms with van der Waals surface area (Å²) in [5.41, 5.74) is 0.551. The van der Waals surface area contributed by atoms with Crippen LogP contribution in [0.2, 0.25) is 0 Å². The van der Waals surface area contributed by atoms with Crippen molar-refractivity contribution in [2.75, 3.05) is 10.6 Å². The molecule has 1 aromatic heterocycles. The van der Waals surface area contributed by atoms with E-state index in [0.717, 1.165) is 10.8 Å². The molecule has 0 spiro atoms. The monoisotopic (exact) mass is 295 g/mol. The van der Waals surface area contributed by atoms with Gasteiger partial charge in [-0.25, -0.2) is 0 Å². The van der Waals surface area contributed by atoms with Crippen LogP contribution in [0.5, 0.6) is 0 Å². The fourth-order valence-electron chi connectivity index (χ4n) is 2.05. The van der Waals surface area contributed by atoms with Crippen molar-refractivity contribution in [3.05, 3.63) is 54.3 Å². The van der Waals surface area contributed by atoms with E-state index in [-0.39, 0.29) is 5.82 Å². The number of fused-ring (bicyclic) bond motifs is 1. The van der Waals surface area contributed by atoms with Crippen LogP contribution >= 0.6 is 0 Å². The fourth-order valence-corrected chi connectivity index (χ4v) is 2.05. The zero-order chi connectivity index (χ0) is 15.5. The Morgan fingerprint density at radius 3 is 2.41 bits per heavy atom. The number of carbonyl (C=O) groups is 2. The standard InChI is InChI=1S/C16H13N3O3/c1-10-8-14(19-22-10)18-16(21)15(20)17-13-7-6-11-4-2-3-5-12(11)9-13/h2-9H,1H3,(H,17,20)(H,18,19,21). The second kappa shape index (κ2) is 5.69. The molecule has 0 unspecified atom stereocenters. The highest BCUT2D eigenvalue weighted by Gasteiger charge is 2.15. The Kier molecular flexibility index (Phi) is 3.57. The number of aromatic nitrogens is 1. The predicted molar refractivity (Wildman–Crippen MR) is 82.4 cm³/mol. The number of hydrogen-bond acceptors (Lipinski definition) is 4. The highest BCUT2D eigenvalue weighted by atomic mass is 16.5. The molecule has 110 valence electrons. The number of rotatable bonds is 2. The first-order valence-electron chi connectivity index (χ1n) is 6.66. The van der Waals surface area contributed by atoms with Gasteiger partial charge in [0.05, 0.1) is 0 Å². The number of carbonyl (C=O) groups excluding carboxylic acids is 2. The summed E-state index contributed by atoms with van der Waals surface area (Å²) in [7, 11) is 0. The molecule has 0 saturated carbocycles. The van der Waals surface area contributed by atoms with E-state index < -0.39 is 11.8 Å². The largest absolute Gasteiger partial charge is 0.360 e. The Labute approximate surface area is 126 Å². The number of aryl methyl sites for hydroxylation is 1. The number of nitrogens with one attached hydrogen (secondary N) is 2. The van der Waals surface area contributed by atoms with Crippen LogP contribution < -0.4 is 10.6 Å². The normalized spacial score (nSPS) is 10.4. The average molecular weight is 295 g/mol. The van der Waals surface area contributed by atoms with E-state index in [1.807, 2.05) is 30.3 Å². The van der Waals surface area contributed by atoms with Crippen LogP contribution in [-0.2, 0) is 9.59 Å². The second-order valence-corrected chi connectivity index (χ2v) is 4.79. The zero-order valence-electron chi connectivity index (χ0n) is 11.8. The van der Waals surface area contributed by atoms with Gasteiger partial charge in [-0.3, -0.25) is 14.9 Å². The van der Waals surface area contributed by atoms with Crippen molar-refractivity contribution >= 4 is 34.1 Å². The molecule has 2 amide bonds. The first-order valence-corrected chi connectivity index (χ1v) is 6.66. The summed E-state index contributed by atoms with van der Waals surface area (Å²) in [5.74, 6) is -0.821. The maximum atomic E-state index is 11.9. The van der Waals surface area contributed by atoms with Gasteiger partial charge in [0, 0.05) is 11.8 Å². The molecule has 1 heterocycles. The summed E-state index contributed by atoms with van der Waals surface area (Å²) in [6.07, 6.45) is 0. The molecule has 2 aromatic carbocycles. The van der Waals surface area contributed by atoms with Crippen LogP contribution in [0.25, 0.3) is 10.8 Å². The van der Waals surface area contributed by atoms with Gasteiger partial charge in [-0.2, -0.15) is 0 Å². The molecule has 0 saturated heterocycles. The van der Waals surface area contributed by atoms with Crippen LogP contribution in [0, 0.1) is 6.92 Å². The molecule has 3 rings (SSSR count). The van der Waals surface area contributed by atoms with E-state index >= 15 is 0 Å². The lowest BCUT2D eigenvalue weighted by Crippen LogP contribution is -2.29. The number of benzene rings is 2. The van der Waals surface area contributed by atoms with Crippen LogP contribution in [0.4, 0.5) is 11.5 Å². The summed E-state index contributed by atoms with van der Waals surface area (Å²) in [5, 5.41) is 10.6. The minimum absolute atomic E-state index is 0.205. The van der Waals surface area contributed by atoms with E-state index in [9.17, 15) is 9.59 Å². The number of nitrogens with zero attached hydrogens (tertiary/aromatic N) is 1. The third-order valence-corrected chi connectivity index (χ3v) is 3.08.